The Morgan fingerprint density at radius 1 is 1.14 bits per heavy atom. The van der Waals surface area contributed by atoms with Gasteiger partial charge in [-0.1, -0.05) is 12.1 Å². The van der Waals surface area contributed by atoms with Gasteiger partial charge in [-0.25, -0.2) is 0 Å². The van der Waals surface area contributed by atoms with E-state index >= 15 is 0 Å². The summed E-state index contributed by atoms with van der Waals surface area (Å²) in [7, 11) is 0. The lowest BCUT2D eigenvalue weighted by molar-refractivity contribution is -0.137. The molecule has 4 nitrogen and oxygen atoms in total. The van der Waals surface area contributed by atoms with Gasteiger partial charge in [-0.3, -0.25) is 4.79 Å². The van der Waals surface area contributed by atoms with Crippen LogP contribution in [0.3, 0.4) is 0 Å². The summed E-state index contributed by atoms with van der Waals surface area (Å²) in [5.41, 5.74) is 1.51. The molecule has 2 aromatic carbocycles. The largest absolute Gasteiger partial charge is 0.489 e. The maximum atomic E-state index is 12.6. The number of aromatic amines is 1. The predicted molar refractivity (Wildman–Crippen MR) is 100 cm³/mol. The Bertz CT molecular complexity index is 989. The number of hydrogen-bond donors (Lipinski definition) is 2. The van der Waals surface area contributed by atoms with Crippen LogP contribution in [0.15, 0.2) is 48.7 Å². The van der Waals surface area contributed by atoms with Crippen LogP contribution in [0.5, 0.6) is 5.75 Å². The summed E-state index contributed by atoms with van der Waals surface area (Å²) in [6, 6.07) is 10.3. The first-order valence-electron chi connectivity index (χ1n) is 9.08. The summed E-state index contributed by atoms with van der Waals surface area (Å²) in [6.45, 7) is 0.150. The summed E-state index contributed by atoms with van der Waals surface area (Å²) in [4.78, 5) is 15.2. The summed E-state index contributed by atoms with van der Waals surface area (Å²) in [5, 5.41) is 3.75. The van der Waals surface area contributed by atoms with Gasteiger partial charge >= 0.3 is 6.18 Å². The highest BCUT2D eigenvalue weighted by molar-refractivity contribution is 6.02. The topological polar surface area (TPSA) is 54.1 Å². The highest BCUT2D eigenvalue weighted by Crippen LogP contribution is 2.34. The summed E-state index contributed by atoms with van der Waals surface area (Å²) in [6.07, 6.45) is 0.164. The third kappa shape index (κ3) is 4.30. The van der Waals surface area contributed by atoms with E-state index in [1.54, 1.807) is 12.3 Å². The molecule has 2 N–H and O–H groups in total. The zero-order valence-electron chi connectivity index (χ0n) is 15.0. The minimum atomic E-state index is -4.35. The van der Waals surface area contributed by atoms with Crippen LogP contribution in [-0.4, -0.2) is 10.9 Å². The van der Waals surface area contributed by atoms with Crippen molar-refractivity contribution in [3.63, 3.8) is 0 Å². The Morgan fingerprint density at radius 3 is 2.57 bits per heavy atom. The number of hydrogen-bond acceptors (Lipinski definition) is 2. The number of benzene rings is 2. The van der Waals surface area contributed by atoms with Crippen molar-refractivity contribution in [3.05, 3.63) is 59.8 Å². The lowest BCUT2D eigenvalue weighted by Gasteiger charge is -2.09. The summed E-state index contributed by atoms with van der Waals surface area (Å²) < 4.78 is 43.6. The van der Waals surface area contributed by atoms with E-state index in [9.17, 15) is 18.0 Å². The molecule has 1 heterocycles. The number of rotatable bonds is 6. The van der Waals surface area contributed by atoms with Gasteiger partial charge in [0.2, 0.25) is 5.91 Å². The summed E-state index contributed by atoms with van der Waals surface area (Å²) >= 11 is 0. The molecule has 146 valence electrons. The highest BCUT2D eigenvalue weighted by Gasteiger charge is 2.30. The van der Waals surface area contributed by atoms with E-state index in [1.807, 2.05) is 12.1 Å². The van der Waals surface area contributed by atoms with E-state index in [0.29, 0.717) is 29.3 Å². The van der Waals surface area contributed by atoms with Crippen LogP contribution in [0.25, 0.3) is 10.9 Å². The first-order chi connectivity index (χ1) is 13.4. The van der Waals surface area contributed by atoms with Crippen LogP contribution in [-0.2, 0) is 17.6 Å². The third-order valence-electron chi connectivity index (χ3n) is 4.79. The Kier molecular flexibility index (Phi) is 4.75. The van der Waals surface area contributed by atoms with Crippen molar-refractivity contribution in [3.8, 4) is 5.75 Å². The number of ether oxygens (including phenoxy) is 1. The molecule has 0 unspecified atom stereocenters. The molecule has 1 aliphatic rings. The van der Waals surface area contributed by atoms with Gasteiger partial charge in [0.1, 0.15) is 12.4 Å². The maximum Gasteiger partial charge on any atom is 0.416 e. The number of alkyl halides is 3. The van der Waals surface area contributed by atoms with Gasteiger partial charge in [0.05, 0.1) is 11.3 Å². The van der Waals surface area contributed by atoms with Gasteiger partial charge < -0.3 is 15.0 Å². The average molecular weight is 388 g/mol. The number of anilines is 1. The third-order valence-corrected chi connectivity index (χ3v) is 4.79. The molecule has 4 rings (SSSR count). The molecular weight excluding hydrogens is 369 g/mol. The second-order valence-electron chi connectivity index (χ2n) is 7.09. The number of H-pyrrole nitrogens is 1. The monoisotopic (exact) mass is 388 g/mol. The molecule has 0 saturated heterocycles. The molecule has 0 aliphatic heterocycles. The first kappa shape index (κ1) is 18.4. The molecule has 0 bridgehead atoms. The van der Waals surface area contributed by atoms with Gasteiger partial charge in [-0.05, 0) is 54.7 Å². The number of halogens is 3. The maximum absolute atomic E-state index is 12.6. The Balaban J connectivity index is 1.43. The number of fused-ring (bicyclic) bond motifs is 1. The van der Waals surface area contributed by atoms with Crippen molar-refractivity contribution >= 4 is 22.5 Å². The average Bonchev–Trinajstić information content (AvgIpc) is 3.39. The molecule has 7 heteroatoms. The summed E-state index contributed by atoms with van der Waals surface area (Å²) in [5.74, 6) is 1.08. The van der Waals surface area contributed by atoms with Crippen molar-refractivity contribution in [2.24, 2.45) is 5.92 Å². The molecule has 1 amide bonds. The quantitative estimate of drug-likeness (QED) is 0.585. The van der Waals surface area contributed by atoms with Crippen molar-refractivity contribution in [2.75, 3.05) is 5.32 Å². The van der Waals surface area contributed by atoms with Crippen molar-refractivity contribution < 1.29 is 22.7 Å². The van der Waals surface area contributed by atoms with E-state index < -0.39 is 11.7 Å². The van der Waals surface area contributed by atoms with Gasteiger partial charge in [-0.2, -0.15) is 13.2 Å². The van der Waals surface area contributed by atoms with Gasteiger partial charge in [0.25, 0.3) is 0 Å². The normalized spacial score (nSPS) is 14.2. The zero-order valence-corrected chi connectivity index (χ0v) is 15.0. The van der Waals surface area contributed by atoms with E-state index in [0.717, 1.165) is 35.9 Å². The Labute approximate surface area is 159 Å². The number of nitrogens with one attached hydrogen (secondary N) is 2. The predicted octanol–water partition coefficient (Wildman–Crippen LogP) is 5.50. The molecule has 0 spiro atoms. The molecule has 28 heavy (non-hydrogen) atoms. The molecule has 1 aliphatic carbocycles. The van der Waals surface area contributed by atoms with Gasteiger partial charge in [-0.15, -0.1) is 0 Å². The van der Waals surface area contributed by atoms with Crippen LogP contribution in [0, 0.1) is 5.92 Å². The van der Waals surface area contributed by atoms with Crippen LogP contribution in [0.1, 0.15) is 30.4 Å². The van der Waals surface area contributed by atoms with E-state index in [-0.39, 0.29) is 12.5 Å². The lowest BCUT2D eigenvalue weighted by Crippen LogP contribution is -2.11. The fraction of sp³-hybridized carbons (Fsp3) is 0.286. The minimum Gasteiger partial charge on any atom is -0.489 e. The van der Waals surface area contributed by atoms with Crippen molar-refractivity contribution in [2.45, 2.75) is 32.0 Å². The van der Waals surface area contributed by atoms with E-state index in [4.69, 9.17) is 4.74 Å². The molecule has 1 saturated carbocycles. The number of aromatic nitrogens is 1. The number of amides is 1. The Hall–Kier alpha value is -2.96. The Morgan fingerprint density at radius 2 is 1.89 bits per heavy atom. The van der Waals surface area contributed by atoms with Crippen LogP contribution >= 0.6 is 0 Å². The van der Waals surface area contributed by atoms with Crippen LogP contribution in [0.4, 0.5) is 18.9 Å². The van der Waals surface area contributed by atoms with Gasteiger partial charge in [0, 0.05) is 23.5 Å². The molecule has 3 aromatic rings. The van der Waals surface area contributed by atoms with Crippen molar-refractivity contribution in [1.29, 1.82) is 0 Å². The molecule has 1 fully saturated rings. The fourth-order valence-electron chi connectivity index (χ4n) is 3.03. The van der Waals surface area contributed by atoms with Crippen LogP contribution < -0.4 is 10.1 Å². The lowest BCUT2D eigenvalue weighted by atomic mass is 10.1. The second kappa shape index (κ2) is 7.22. The molecule has 0 radical (unpaired) electrons. The van der Waals surface area contributed by atoms with E-state index in [2.05, 4.69) is 10.3 Å². The number of carbonyl (C=O) groups excluding carboxylic acids is 1. The molecule has 0 atom stereocenters. The highest BCUT2D eigenvalue weighted by atomic mass is 19.4. The smallest absolute Gasteiger partial charge is 0.416 e. The SMILES string of the molecule is O=C(CC1CC1)Nc1c[nH]c2ccc(OCc3ccc(C(F)(F)F)cc3)cc12. The fourth-order valence-corrected chi connectivity index (χ4v) is 3.03. The van der Waals surface area contributed by atoms with Crippen LogP contribution in [0.2, 0.25) is 0 Å². The minimum absolute atomic E-state index is 0.000485. The second-order valence-corrected chi connectivity index (χ2v) is 7.09. The van der Waals surface area contributed by atoms with Crippen molar-refractivity contribution in [1.82, 2.24) is 4.98 Å². The zero-order chi connectivity index (χ0) is 19.7. The standard InChI is InChI=1S/C21H19F3N2O2/c22-21(23,24)15-5-3-14(4-6-15)12-28-16-7-8-18-17(10-16)19(11-25-18)26-20(27)9-13-1-2-13/h3-8,10-11,13,25H,1-2,9,12H2,(H,26,27). The van der Waals surface area contributed by atoms with E-state index in [1.165, 1.54) is 12.1 Å². The molecule has 1 aromatic heterocycles. The number of carbonyl (C=O) groups is 1. The first-order valence-corrected chi connectivity index (χ1v) is 9.08. The molecular formula is C21H19F3N2O2. The van der Waals surface area contributed by atoms with Gasteiger partial charge in [0.15, 0.2) is 0 Å².